The molecule has 0 atom stereocenters. The summed E-state index contributed by atoms with van der Waals surface area (Å²) in [4.78, 5) is 11.7. The van der Waals surface area contributed by atoms with Crippen molar-refractivity contribution in [2.45, 2.75) is 12.8 Å². The molecule has 3 heteroatoms. The molecule has 16 heavy (non-hydrogen) atoms. The van der Waals surface area contributed by atoms with E-state index in [0.717, 1.165) is 30.1 Å². The molecule has 0 aliphatic heterocycles. The van der Waals surface area contributed by atoms with Crippen LogP contribution in [0.5, 0.6) is 0 Å². The predicted molar refractivity (Wildman–Crippen MR) is 69.2 cm³/mol. The number of ether oxygens (including phenoxy) is 1. The summed E-state index contributed by atoms with van der Waals surface area (Å²) in [6.45, 7) is 0.805. The van der Waals surface area contributed by atoms with Crippen LogP contribution in [0.3, 0.4) is 0 Å². The van der Waals surface area contributed by atoms with Gasteiger partial charge in [-0.15, -0.1) is 0 Å². The molecule has 1 rings (SSSR count). The summed E-state index contributed by atoms with van der Waals surface area (Å²) >= 11 is 1.82. The maximum absolute atomic E-state index is 11.7. The highest BCUT2D eigenvalue weighted by Crippen LogP contribution is 2.09. The van der Waals surface area contributed by atoms with Gasteiger partial charge in [0, 0.05) is 31.5 Å². The second kappa shape index (κ2) is 8.36. The maximum atomic E-state index is 11.7. The van der Waals surface area contributed by atoms with Crippen LogP contribution in [0, 0.1) is 0 Å². The average molecular weight is 238 g/mol. The first kappa shape index (κ1) is 13.3. The first-order valence-electron chi connectivity index (χ1n) is 5.49. The fourth-order valence-electron chi connectivity index (χ4n) is 1.34. The highest BCUT2D eigenvalue weighted by molar-refractivity contribution is 7.99. The van der Waals surface area contributed by atoms with Crippen molar-refractivity contribution in [2.24, 2.45) is 0 Å². The molecule has 0 saturated carbocycles. The molecule has 0 heterocycles. The van der Waals surface area contributed by atoms with Gasteiger partial charge < -0.3 is 4.74 Å². The normalized spacial score (nSPS) is 10.3. The number of Topliss-reactive ketones (excluding diaryl/α,β-unsaturated/α-hetero) is 1. The fourth-order valence-corrected chi connectivity index (χ4v) is 2.20. The summed E-state index contributed by atoms with van der Waals surface area (Å²) in [6.07, 6.45) is 1.68. The summed E-state index contributed by atoms with van der Waals surface area (Å²) in [6, 6.07) is 9.48. The van der Waals surface area contributed by atoms with Gasteiger partial charge in [0.25, 0.3) is 0 Å². The Morgan fingerprint density at radius 3 is 2.69 bits per heavy atom. The first-order chi connectivity index (χ1) is 7.84. The Morgan fingerprint density at radius 2 is 2.00 bits per heavy atom. The SMILES string of the molecule is COCCCSCCC(=O)c1ccccc1. The van der Waals surface area contributed by atoms with Gasteiger partial charge >= 0.3 is 0 Å². The monoisotopic (exact) mass is 238 g/mol. The summed E-state index contributed by atoms with van der Waals surface area (Å²) in [7, 11) is 1.71. The molecule has 0 unspecified atom stereocenters. The third-order valence-corrected chi connectivity index (χ3v) is 3.28. The Balaban J connectivity index is 2.12. The number of ketones is 1. The van der Waals surface area contributed by atoms with Crippen molar-refractivity contribution in [2.75, 3.05) is 25.2 Å². The van der Waals surface area contributed by atoms with Crippen LogP contribution >= 0.6 is 11.8 Å². The van der Waals surface area contributed by atoms with Gasteiger partial charge in [-0.1, -0.05) is 30.3 Å². The summed E-state index contributed by atoms with van der Waals surface area (Å²) < 4.78 is 4.96. The minimum absolute atomic E-state index is 0.236. The van der Waals surface area contributed by atoms with Crippen LogP contribution < -0.4 is 0 Å². The molecule has 0 saturated heterocycles. The molecule has 0 fully saturated rings. The minimum atomic E-state index is 0.236. The van der Waals surface area contributed by atoms with Crippen molar-refractivity contribution in [3.05, 3.63) is 35.9 Å². The molecule has 0 amide bonds. The van der Waals surface area contributed by atoms with Crippen molar-refractivity contribution in [3.8, 4) is 0 Å². The Morgan fingerprint density at radius 1 is 1.25 bits per heavy atom. The van der Waals surface area contributed by atoms with Crippen LogP contribution in [-0.4, -0.2) is 31.0 Å². The number of thioether (sulfide) groups is 1. The summed E-state index contributed by atoms with van der Waals surface area (Å²) in [5, 5.41) is 0. The molecule has 0 aliphatic carbocycles. The van der Waals surface area contributed by atoms with E-state index in [0.29, 0.717) is 6.42 Å². The Bertz CT molecular complexity index is 298. The number of rotatable bonds is 8. The van der Waals surface area contributed by atoms with Crippen molar-refractivity contribution in [1.82, 2.24) is 0 Å². The van der Waals surface area contributed by atoms with Gasteiger partial charge in [0.1, 0.15) is 0 Å². The van der Waals surface area contributed by atoms with Crippen LogP contribution in [-0.2, 0) is 4.74 Å². The third kappa shape index (κ3) is 5.33. The molecule has 0 spiro atoms. The van der Waals surface area contributed by atoms with E-state index in [9.17, 15) is 4.79 Å². The molecule has 1 aromatic rings. The molecule has 88 valence electrons. The zero-order chi connectivity index (χ0) is 11.6. The Labute approximate surface area is 101 Å². The van der Waals surface area contributed by atoms with Gasteiger partial charge in [-0.05, 0) is 12.2 Å². The number of carbonyl (C=O) groups is 1. The standard InChI is InChI=1S/C13H18O2S/c1-15-9-5-10-16-11-8-13(14)12-6-3-2-4-7-12/h2-4,6-7H,5,8-11H2,1H3. The largest absolute Gasteiger partial charge is 0.385 e. The molecule has 0 radical (unpaired) electrons. The van der Waals surface area contributed by atoms with E-state index < -0.39 is 0 Å². The van der Waals surface area contributed by atoms with Gasteiger partial charge in [-0.3, -0.25) is 4.79 Å². The molecule has 1 aromatic carbocycles. The van der Waals surface area contributed by atoms with Gasteiger partial charge in [0.05, 0.1) is 0 Å². The van der Waals surface area contributed by atoms with Gasteiger partial charge in [0.2, 0.25) is 0 Å². The molecular weight excluding hydrogens is 220 g/mol. The molecule has 0 N–H and O–H groups in total. The number of carbonyl (C=O) groups excluding carboxylic acids is 1. The zero-order valence-corrected chi connectivity index (χ0v) is 10.5. The first-order valence-corrected chi connectivity index (χ1v) is 6.65. The predicted octanol–water partition coefficient (Wildman–Crippen LogP) is 3.03. The minimum Gasteiger partial charge on any atom is -0.385 e. The Kier molecular flexibility index (Phi) is 6.93. The van der Waals surface area contributed by atoms with E-state index in [1.54, 1.807) is 7.11 Å². The van der Waals surface area contributed by atoms with Crippen LogP contribution in [0.2, 0.25) is 0 Å². The topological polar surface area (TPSA) is 26.3 Å². The number of benzene rings is 1. The molecule has 0 bridgehead atoms. The highest BCUT2D eigenvalue weighted by Gasteiger charge is 2.03. The molecular formula is C13H18O2S. The van der Waals surface area contributed by atoms with Gasteiger partial charge in [-0.2, -0.15) is 11.8 Å². The Hall–Kier alpha value is -0.800. The third-order valence-electron chi connectivity index (χ3n) is 2.21. The lowest BCUT2D eigenvalue weighted by atomic mass is 10.1. The number of methoxy groups -OCH3 is 1. The quantitative estimate of drug-likeness (QED) is 0.514. The fraction of sp³-hybridized carbons (Fsp3) is 0.462. The zero-order valence-electron chi connectivity index (χ0n) is 9.65. The van der Waals surface area contributed by atoms with Crippen LogP contribution in [0.15, 0.2) is 30.3 Å². The van der Waals surface area contributed by atoms with E-state index in [-0.39, 0.29) is 5.78 Å². The van der Waals surface area contributed by atoms with Crippen LogP contribution in [0.25, 0.3) is 0 Å². The lowest BCUT2D eigenvalue weighted by Crippen LogP contribution is -2.00. The van der Waals surface area contributed by atoms with E-state index in [2.05, 4.69) is 0 Å². The smallest absolute Gasteiger partial charge is 0.163 e. The van der Waals surface area contributed by atoms with Crippen molar-refractivity contribution >= 4 is 17.5 Å². The number of hydrogen-bond donors (Lipinski definition) is 0. The number of hydrogen-bond acceptors (Lipinski definition) is 3. The maximum Gasteiger partial charge on any atom is 0.163 e. The highest BCUT2D eigenvalue weighted by atomic mass is 32.2. The average Bonchev–Trinajstić information content (AvgIpc) is 2.34. The molecule has 0 aliphatic rings. The van der Waals surface area contributed by atoms with Crippen molar-refractivity contribution in [1.29, 1.82) is 0 Å². The van der Waals surface area contributed by atoms with Crippen LogP contribution in [0.4, 0.5) is 0 Å². The van der Waals surface area contributed by atoms with Gasteiger partial charge in [-0.25, -0.2) is 0 Å². The summed E-state index contributed by atoms with van der Waals surface area (Å²) in [5.74, 6) is 2.20. The van der Waals surface area contributed by atoms with Crippen LogP contribution in [0.1, 0.15) is 23.2 Å². The second-order valence-corrected chi connectivity index (χ2v) is 4.72. The van der Waals surface area contributed by atoms with E-state index >= 15 is 0 Å². The van der Waals surface area contributed by atoms with E-state index in [1.807, 2.05) is 42.1 Å². The van der Waals surface area contributed by atoms with E-state index in [1.165, 1.54) is 0 Å². The van der Waals surface area contributed by atoms with E-state index in [4.69, 9.17) is 4.74 Å². The molecule has 0 aromatic heterocycles. The lowest BCUT2D eigenvalue weighted by Gasteiger charge is -2.01. The lowest BCUT2D eigenvalue weighted by molar-refractivity contribution is 0.0989. The van der Waals surface area contributed by atoms with Crippen molar-refractivity contribution in [3.63, 3.8) is 0 Å². The summed E-state index contributed by atoms with van der Waals surface area (Å²) in [5.41, 5.74) is 0.819. The van der Waals surface area contributed by atoms with Crippen molar-refractivity contribution < 1.29 is 9.53 Å². The second-order valence-electron chi connectivity index (χ2n) is 3.50. The van der Waals surface area contributed by atoms with Gasteiger partial charge in [0.15, 0.2) is 5.78 Å². The molecule has 2 nitrogen and oxygen atoms in total.